The lowest BCUT2D eigenvalue weighted by Crippen LogP contribution is -2.27. The zero-order chi connectivity index (χ0) is 20.9. The van der Waals surface area contributed by atoms with Crippen molar-refractivity contribution >= 4 is 23.3 Å². The third-order valence-electron chi connectivity index (χ3n) is 4.11. The van der Waals surface area contributed by atoms with Gasteiger partial charge in [-0.1, -0.05) is 26.8 Å². The Bertz CT molecular complexity index is 850. The number of carbonyl (C=O) groups excluding carboxylic acids is 3. The van der Waals surface area contributed by atoms with Crippen LogP contribution in [0.2, 0.25) is 0 Å². The summed E-state index contributed by atoms with van der Waals surface area (Å²) in [6, 6.07) is 10.1. The molecule has 0 radical (unpaired) electrons. The normalized spacial score (nSPS) is 12.2. The molecule has 0 aliphatic rings. The number of nitrogens with one attached hydrogen (secondary N) is 1. The summed E-state index contributed by atoms with van der Waals surface area (Å²) in [5, 5.41) is 2.80. The number of pyridine rings is 1. The first-order valence-electron chi connectivity index (χ1n) is 9.13. The molecule has 148 valence electrons. The number of amides is 1. The van der Waals surface area contributed by atoms with Crippen molar-refractivity contribution in [3.8, 4) is 0 Å². The molecule has 1 amide bonds. The van der Waals surface area contributed by atoms with Crippen LogP contribution in [0.15, 0.2) is 42.6 Å². The van der Waals surface area contributed by atoms with E-state index in [2.05, 4.69) is 10.3 Å². The Hall–Kier alpha value is -3.02. The second-order valence-corrected chi connectivity index (χ2v) is 7.76. The average Bonchev–Trinajstić information content (AvgIpc) is 2.62. The van der Waals surface area contributed by atoms with Crippen molar-refractivity contribution in [2.75, 3.05) is 5.32 Å². The summed E-state index contributed by atoms with van der Waals surface area (Å²) in [5.74, 6) is -0.899. The number of rotatable bonds is 6. The van der Waals surface area contributed by atoms with Gasteiger partial charge in [-0.2, -0.15) is 0 Å². The van der Waals surface area contributed by atoms with Crippen molar-refractivity contribution in [3.05, 3.63) is 59.4 Å². The summed E-state index contributed by atoms with van der Waals surface area (Å²) in [6.07, 6.45) is 0.775. The number of esters is 1. The zero-order valence-electron chi connectivity index (χ0n) is 16.9. The number of aromatic nitrogens is 1. The largest absolute Gasteiger partial charge is 0.454 e. The maximum Gasteiger partial charge on any atom is 0.311 e. The minimum absolute atomic E-state index is 0.0582. The van der Waals surface area contributed by atoms with Crippen molar-refractivity contribution in [2.45, 2.75) is 47.1 Å². The minimum atomic E-state index is -0.902. The molecular weight excluding hydrogens is 356 g/mol. The van der Waals surface area contributed by atoms with Gasteiger partial charge in [-0.05, 0) is 49.7 Å². The molecule has 1 aromatic carbocycles. The Balaban J connectivity index is 1.94. The quantitative estimate of drug-likeness (QED) is 0.608. The Kier molecular flexibility index (Phi) is 6.67. The molecule has 0 aliphatic carbocycles. The first-order chi connectivity index (χ1) is 13.1. The van der Waals surface area contributed by atoms with Crippen LogP contribution >= 0.6 is 0 Å². The maximum atomic E-state index is 12.5. The van der Waals surface area contributed by atoms with Gasteiger partial charge in [0.25, 0.3) is 0 Å². The molecule has 1 heterocycles. The molecule has 0 saturated heterocycles. The van der Waals surface area contributed by atoms with Crippen LogP contribution in [0, 0.1) is 12.3 Å². The van der Waals surface area contributed by atoms with Gasteiger partial charge in [-0.25, -0.2) is 0 Å². The Morgan fingerprint density at radius 2 is 1.71 bits per heavy atom. The fraction of sp³-hybridized carbons (Fsp3) is 0.364. The smallest absolute Gasteiger partial charge is 0.311 e. The molecule has 2 rings (SSSR count). The number of ketones is 1. The number of hydrogen-bond acceptors (Lipinski definition) is 5. The van der Waals surface area contributed by atoms with Crippen LogP contribution in [0.1, 0.15) is 49.3 Å². The van der Waals surface area contributed by atoms with E-state index < -0.39 is 17.5 Å². The highest BCUT2D eigenvalue weighted by molar-refractivity contribution is 6.01. The van der Waals surface area contributed by atoms with Gasteiger partial charge in [0, 0.05) is 28.6 Å². The minimum Gasteiger partial charge on any atom is -0.454 e. The van der Waals surface area contributed by atoms with Crippen LogP contribution in [0.4, 0.5) is 5.69 Å². The van der Waals surface area contributed by atoms with Gasteiger partial charge in [0.1, 0.15) is 0 Å². The van der Waals surface area contributed by atoms with Crippen LogP contribution in [0.5, 0.6) is 0 Å². The van der Waals surface area contributed by atoms with Gasteiger partial charge in [-0.15, -0.1) is 0 Å². The lowest BCUT2D eigenvalue weighted by molar-refractivity contribution is -0.145. The summed E-state index contributed by atoms with van der Waals surface area (Å²) in [4.78, 5) is 40.7. The fourth-order valence-electron chi connectivity index (χ4n) is 2.33. The van der Waals surface area contributed by atoms with Crippen molar-refractivity contribution in [1.82, 2.24) is 4.98 Å². The van der Waals surface area contributed by atoms with E-state index in [-0.39, 0.29) is 18.1 Å². The SMILES string of the molecule is Cc1ccc(CC(=O)OC(C)C(=O)c2ccc(NC(=O)C(C)(C)C)cc2)cn1. The molecule has 1 atom stereocenters. The van der Waals surface area contributed by atoms with E-state index in [1.165, 1.54) is 0 Å². The van der Waals surface area contributed by atoms with Crippen molar-refractivity contribution < 1.29 is 19.1 Å². The molecule has 0 fully saturated rings. The first kappa shape index (κ1) is 21.3. The highest BCUT2D eigenvalue weighted by Gasteiger charge is 2.22. The number of benzene rings is 1. The Labute approximate surface area is 165 Å². The molecule has 1 aromatic heterocycles. The second kappa shape index (κ2) is 8.78. The average molecular weight is 382 g/mol. The van der Waals surface area contributed by atoms with E-state index in [4.69, 9.17) is 4.74 Å². The molecule has 0 spiro atoms. The number of hydrogen-bond donors (Lipinski definition) is 1. The number of nitrogens with zero attached hydrogens (tertiary/aromatic N) is 1. The molecular formula is C22H26N2O4. The highest BCUT2D eigenvalue weighted by atomic mass is 16.5. The van der Waals surface area contributed by atoms with Gasteiger partial charge in [0.05, 0.1) is 6.42 Å². The third-order valence-corrected chi connectivity index (χ3v) is 4.11. The Morgan fingerprint density at radius 1 is 1.07 bits per heavy atom. The number of anilines is 1. The summed E-state index contributed by atoms with van der Waals surface area (Å²) in [6.45, 7) is 8.88. The van der Waals surface area contributed by atoms with E-state index in [1.807, 2.05) is 33.8 Å². The topological polar surface area (TPSA) is 85.4 Å². The molecule has 1 unspecified atom stereocenters. The molecule has 6 heteroatoms. The highest BCUT2D eigenvalue weighted by Crippen LogP contribution is 2.18. The van der Waals surface area contributed by atoms with Crippen LogP contribution in [0.25, 0.3) is 0 Å². The van der Waals surface area contributed by atoms with Gasteiger partial charge >= 0.3 is 5.97 Å². The molecule has 0 aliphatic heterocycles. The third kappa shape index (κ3) is 6.01. The van der Waals surface area contributed by atoms with E-state index in [1.54, 1.807) is 43.5 Å². The molecule has 1 N–H and O–H groups in total. The number of carbonyl (C=O) groups is 3. The van der Waals surface area contributed by atoms with Gasteiger partial charge in [0.2, 0.25) is 11.7 Å². The van der Waals surface area contributed by atoms with Crippen LogP contribution in [-0.4, -0.2) is 28.7 Å². The molecule has 0 bridgehead atoms. The number of aryl methyl sites for hydroxylation is 1. The molecule has 0 saturated carbocycles. The van der Waals surface area contributed by atoms with Crippen LogP contribution in [-0.2, 0) is 20.7 Å². The molecule has 28 heavy (non-hydrogen) atoms. The van der Waals surface area contributed by atoms with E-state index in [0.717, 1.165) is 11.3 Å². The molecule has 2 aromatic rings. The van der Waals surface area contributed by atoms with Crippen molar-refractivity contribution in [2.24, 2.45) is 5.41 Å². The number of ether oxygens (including phenoxy) is 1. The van der Waals surface area contributed by atoms with E-state index in [0.29, 0.717) is 11.3 Å². The standard InChI is InChI=1S/C22H26N2O4/c1-14-6-7-16(13-23-14)12-19(25)28-15(2)20(26)17-8-10-18(11-9-17)24-21(27)22(3,4)5/h6-11,13,15H,12H2,1-5H3,(H,24,27). The van der Waals surface area contributed by atoms with E-state index >= 15 is 0 Å². The predicted molar refractivity (Wildman–Crippen MR) is 107 cm³/mol. The van der Waals surface area contributed by atoms with Crippen LogP contribution < -0.4 is 5.32 Å². The maximum absolute atomic E-state index is 12.5. The Morgan fingerprint density at radius 3 is 2.25 bits per heavy atom. The monoisotopic (exact) mass is 382 g/mol. The summed E-state index contributed by atoms with van der Waals surface area (Å²) >= 11 is 0. The predicted octanol–water partition coefficient (Wildman–Crippen LogP) is 3.73. The van der Waals surface area contributed by atoms with Gasteiger partial charge in [-0.3, -0.25) is 19.4 Å². The van der Waals surface area contributed by atoms with Crippen molar-refractivity contribution in [3.63, 3.8) is 0 Å². The fourth-order valence-corrected chi connectivity index (χ4v) is 2.33. The summed E-state index contributed by atoms with van der Waals surface area (Å²) in [5.41, 5.74) is 2.10. The lowest BCUT2D eigenvalue weighted by atomic mass is 9.95. The van der Waals surface area contributed by atoms with Crippen LogP contribution in [0.3, 0.4) is 0 Å². The summed E-state index contributed by atoms with van der Waals surface area (Å²) < 4.78 is 5.25. The zero-order valence-corrected chi connectivity index (χ0v) is 16.9. The first-order valence-corrected chi connectivity index (χ1v) is 9.13. The lowest BCUT2D eigenvalue weighted by Gasteiger charge is -2.18. The van der Waals surface area contributed by atoms with E-state index in [9.17, 15) is 14.4 Å². The summed E-state index contributed by atoms with van der Waals surface area (Å²) in [7, 11) is 0. The molecule has 6 nitrogen and oxygen atoms in total. The van der Waals surface area contributed by atoms with Crippen molar-refractivity contribution in [1.29, 1.82) is 0 Å². The number of Topliss-reactive ketones (excluding diaryl/α,β-unsaturated/α-hetero) is 1. The van der Waals surface area contributed by atoms with Gasteiger partial charge < -0.3 is 10.1 Å². The van der Waals surface area contributed by atoms with Gasteiger partial charge in [0.15, 0.2) is 6.10 Å². The second-order valence-electron chi connectivity index (χ2n) is 7.76.